The van der Waals surface area contributed by atoms with E-state index in [1.807, 2.05) is 23.2 Å². The van der Waals surface area contributed by atoms with Gasteiger partial charge in [0.2, 0.25) is 5.91 Å². The first-order chi connectivity index (χ1) is 11.8. The summed E-state index contributed by atoms with van der Waals surface area (Å²) in [5, 5.41) is 0. The van der Waals surface area contributed by atoms with Gasteiger partial charge in [0, 0.05) is 58.1 Å². The fraction of sp³-hybridized carbons (Fsp3) is 0.667. The van der Waals surface area contributed by atoms with E-state index >= 15 is 0 Å². The van der Waals surface area contributed by atoms with Crippen molar-refractivity contribution in [2.45, 2.75) is 31.4 Å². The van der Waals surface area contributed by atoms with Crippen molar-refractivity contribution in [1.29, 1.82) is 0 Å². The van der Waals surface area contributed by atoms with E-state index in [2.05, 4.69) is 20.9 Å². The minimum atomic E-state index is 0.165. The molecule has 0 bridgehead atoms. The van der Waals surface area contributed by atoms with Gasteiger partial charge >= 0.3 is 0 Å². The van der Waals surface area contributed by atoms with Gasteiger partial charge < -0.3 is 14.5 Å². The molecule has 4 rings (SSSR count). The maximum Gasteiger partial charge on any atom is 0.225 e. The highest BCUT2D eigenvalue weighted by atomic mass is 16.5. The third kappa shape index (κ3) is 3.39. The first-order valence-corrected chi connectivity index (χ1v) is 9.09. The summed E-state index contributed by atoms with van der Waals surface area (Å²) in [6.45, 7) is 6.71. The van der Waals surface area contributed by atoms with E-state index < -0.39 is 0 Å². The van der Waals surface area contributed by atoms with Crippen LogP contribution in [0.4, 0.5) is 5.82 Å². The summed E-state index contributed by atoms with van der Waals surface area (Å²) in [7, 11) is 0. The molecule has 24 heavy (non-hydrogen) atoms. The Bertz CT molecular complexity index is 547. The van der Waals surface area contributed by atoms with Gasteiger partial charge in [-0.15, -0.1) is 0 Å². The summed E-state index contributed by atoms with van der Waals surface area (Å²) in [5.74, 6) is 1.34. The van der Waals surface area contributed by atoms with E-state index in [0.29, 0.717) is 12.5 Å². The Balaban J connectivity index is 1.20. The van der Waals surface area contributed by atoms with Crippen molar-refractivity contribution in [3.63, 3.8) is 0 Å². The predicted molar refractivity (Wildman–Crippen MR) is 92.0 cm³/mol. The minimum Gasteiger partial charge on any atom is -0.378 e. The molecule has 1 amide bonds. The van der Waals surface area contributed by atoms with E-state index in [-0.39, 0.29) is 12.0 Å². The molecule has 1 atom stereocenters. The van der Waals surface area contributed by atoms with Gasteiger partial charge in [0.1, 0.15) is 5.82 Å². The van der Waals surface area contributed by atoms with Crippen molar-refractivity contribution in [3.05, 3.63) is 24.4 Å². The van der Waals surface area contributed by atoms with E-state index in [1.165, 1.54) is 0 Å². The molecule has 0 aromatic carbocycles. The zero-order valence-electron chi connectivity index (χ0n) is 14.1. The second kappa shape index (κ2) is 7.07. The Labute approximate surface area is 143 Å². The van der Waals surface area contributed by atoms with Crippen molar-refractivity contribution in [2.75, 3.05) is 50.8 Å². The molecule has 3 fully saturated rings. The largest absolute Gasteiger partial charge is 0.378 e. The Hall–Kier alpha value is -1.66. The highest BCUT2D eigenvalue weighted by molar-refractivity contribution is 5.77. The number of rotatable bonds is 4. The molecule has 1 aromatic rings. The van der Waals surface area contributed by atoms with Crippen LogP contribution in [-0.2, 0) is 9.53 Å². The number of ether oxygens (including phenoxy) is 1. The Morgan fingerprint density at radius 3 is 2.71 bits per heavy atom. The lowest BCUT2D eigenvalue weighted by Crippen LogP contribution is -2.64. The monoisotopic (exact) mass is 330 g/mol. The van der Waals surface area contributed by atoms with Crippen LogP contribution in [0.5, 0.6) is 0 Å². The van der Waals surface area contributed by atoms with Crippen LogP contribution in [0.25, 0.3) is 0 Å². The topological polar surface area (TPSA) is 48.9 Å². The van der Waals surface area contributed by atoms with Crippen LogP contribution in [-0.4, -0.2) is 78.7 Å². The molecule has 1 unspecified atom stereocenters. The van der Waals surface area contributed by atoms with E-state index in [1.54, 1.807) is 0 Å². The molecule has 6 nitrogen and oxygen atoms in total. The molecular formula is C18H26N4O2. The van der Waals surface area contributed by atoms with Crippen molar-refractivity contribution in [2.24, 2.45) is 0 Å². The molecular weight excluding hydrogens is 304 g/mol. The van der Waals surface area contributed by atoms with Gasteiger partial charge in [-0.25, -0.2) is 4.98 Å². The zero-order valence-corrected chi connectivity index (χ0v) is 14.1. The van der Waals surface area contributed by atoms with Crippen molar-refractivity contribution in [1.82, 2.24) is 14.8 Å². The number of carbonyl (C=O) groups excluding carboxylic acids is 1. The third-order valence-electron chi connectivity index (χ3n) is 5.45. The lowest BCUT2D eigenvalue weighted by molar-refractivity contribution is -0.141. The fourth-order valence-corrected chi connectivity index (χ4v) is 3.88. The number of anilines is 1. The van der Waals surface area contributed by atoms with Crippen molar-refractivity contribution in [3.8, 4) is 0 Å². The summed E-state index contributed by atoms with van der Waals surface area (Å²) in [4.78, 5) is 23.6. The molecule has 130 valence electrons. The third-order valence-corrected chi connectivity index (χ3v) is 5.45. The summed E-state index contributed by atoms with van der Waals surface area (Å²) >= 11 is 0. The minimum absolute atomic E-state index is 0.165. The summed E-state index contributed by atoms with van der Waals surface area (Å²) in [6.07, 6.45) is 4.73. The molecule has 3 aliphatic heterocycles. The summed E-state index contributed by atoms with van der Waals surface area (Å²) < 4.78 is 5.57. The van der Waals surface area contributed by atoms with Crippen LogP contribution >= 0.6 is 0 Å². The van der Waals surface area contributed by atoms with Gasteiger partial charge in [-0.1, -0.05) is 6.07 Å². The molecule has 0 spiro atoms. The smallest absolute Gasteiger partial charge is 0.225 e. The zero-order chi connectivity index (χ0) is 16.4. The van der Waals surface area contributed by atoms with Gasteiger partial charge in [0.15, 0.2) is 0 Å². The van der Waals surface area contributed by atoms with E-state index in [0.717, 1.165) is 64.5 Å². The normalized spacial score (nSPS) is 25.8. The molecule has 0 N–H and O–H groups in total. The molecule has 6 heteroatoms. The van der Waals surface area contributed by atoms with Crippen LogP contribution in [0.1, 0.15) is 19.3 Å². The van der Waals surface area contributed by atoms with Crippen molar-refractivity contribution >= 4 is 11.7 Å². The van der Waals surface area contributed by atoms with Crippen LogP contribution in [0.15, 0.2) is 24.4 Å². The molecule has 1 aromatic heterocycles. The second-order valence-electron chi connectivity index (χ2n) is 7.00. The second-order valence-corrected chi connectivity index (χ2v) is 7.00. The maximum atomic E-state index is 12.3. The standard InChI is InChI=1S/C18H26N4O2/c23-18(12-16-4-3-11-24-16)22-13-15(14-22)20-7-9-21(10-8-20)17-5-1-2-6-19-17/h1-2,5-6,15-16H,3-4,7-14H2. The average Bonchev–Trinajstić information content (AvgIpc) is 3.08. The number of hydrogen-bond acceptors (Lipinski definition) is 5. The first kappa shape index (κ1) is 15.8. The first-order valence-electron chi connectivity index (χ1n) is 9.09. The Morgan fingerprint density at radius 1 is 1.21 bits per heavy atom. The van der Waals surface area contributed by atoms with Gasteiger partial charge in [-0.3, -0.25) is 9.69 Å². The average molecular weight is 330 g/mol. The molecule has 0 radical (unpaired) electrons. The van der Waals surface area contributed by atoms with Crippen molar-refractivity contribution < 1.29 is 9.53 Å². The maximum absolute atomic E-state index is 12.3. The van der Waals surface area contributed by atoms with E-state index in [9.17, 15) is 4.79 Å². The predicted octanol–water partition coefficient (Wildman–Crippen LogP) is 0.983. The molecule has 0 saturated carbocycles. The number of nitrogens with zero attached hydrogens (tertiary/aromatic N) is 4. The Morgan fingerprint density at radius 2 is 2.04 bits per heavy atom. The molecule has 4 heterocycles. The highest BCUT2D eigenvalue weighted by Gasteiger charge is 2.36. The highest BCUT2D eigenvalue weighted by Crippen LogP contribution is 2.22. The van der Waals surface area contributed by atoms with Crippen LogP contribution < -0.4 is 4.90 Å². The summed E-state index contributed by atoms with van der Waals surface area (Å²) in [5.41, 5.74) is 0. The Kier molecular flexibility index (Phi) is 4.67. The summed E-state index contributed by atoms with van der Waals surface area (Å²) in [6, 6.07) is 6.60. The number of aromatic nitrogens is 1. The number of hydrogen-bond donors (Lipinski definition) is 0. The van der Waals surface area contributed by atoms with Crippen LogP contribution in [0.3, 0.4) is 0 Å². The fourth-order valence-electron chi connectivity index (χ4n) is 3.88. The SMILES string of the molecule is O=C(CC1CCCO1)N1CC(N2CCN(c3ccccn3)CC2)C1. The van der Waals surface area contributed by atoms with Gasteiger partial charge in [-0.05, 0) is 25.0 Å². The lowest BCUT2D eigenvalue weighted by atomic mass is 10.0. The quantitative estimate of drug-likeness (QED) is 0.824. The number of likely N-dealkylation sites (tertiary alicyclic amines) is 1. The molecule has 3 saturated heterocycles. The van der Waals surface area contributed by atoms with Gasteiger partial charge in [-0.2, -0.15) is 0 Å². The number of amides is 1. The van der Waals surface area contributed by atoms with E-state index in [4.69, 9.17) is 4.74 Å². The van der Waals surface area contributed by atoms with Gasteiger partial charge in [0.05, 0.1) is 12.5 Å². The number of piperazine rings is 1. The number of pyridine rings is 1. The molecule has 0 aliphatic carbocycles. The van der Waals surface area contributed by atoms with Crippen LogP contribution in [0.2, 0.25) is 0 Å². The van der Waals surface area contributed by atoms with Gasteiger partial charge in [0.25, 0.3) is 0 Å². The lowest BCUT2D eigenvalue weighted by Gasteiger charge is -2.48. The molecule has 3 aliphatic rings. The number of carbonyl (C=O) groups is 1. The van der Waals surface area contributed by atoms with Crippen LogP contribution in [0, 0.1) is 0 Å².